The molecule has 3 heteroatoms. The lowest BCUT2D eigenvalue weighted by molar-refractivity contribution is -0.117. The number of aliphatic hydroxyl groups excluding tert-OH is 1. The van der Waals surface area contributed by atoms with Gasteiger partial charge in [-0.15, -0.1) is 0 Å². The first-order valence-electron chi connectivity index (χ1n) is 2.45. The molecule has 1 atom stereocenters. The molecular formula is C5H10O2S. The van der Waals surface area contributed by atoms with E-state index in [1.54, 1.807) is 0 Å². The van der Waals surface area contributed by atoms with Crippen LogP contribution in [0.1, 0.15) is 13.3 Å². The van der Waals surface area contributed by atoms with Crippen LogP contribution in [0.25, 0.3) is 0 Å². The Kier molecular flexibility index (Phi) is 3.91. The summed E-state index contributed by atoms with van der Waals surface area (Å²) in [4.78, 5) is 10.3. The summed E-state index contributed by atoms with van der Waals surface area (Å²) in [5, 5.41) is 8.18. The summed E-state index contributed by atoms with van der Waals surface area (Å²) in [6.45, 7) is 1.46. The van der Waals surface area contributed by atoms with Crippen LogP contribution >= 0.6 is 12.6 Å². The van der Waals surface area contributed by atoms with E-state index in [-0.39, 0.29) is 17.6 Å². The number of carbonyl (C=O) groups is 1. The normalized spacial score (nSPS) is 13.4. The molecular weight excluding hydrogens is 124 g/mol. The monoisotopic (exact) mass is 134 g/mol. The molecule has 0 amide bonds. The van der Waals surface area contributed by atoms with Crippen molar-refractivity contribution in [3.8, 4) is 0 Å². The lowest BCUT2D eigenvalue weighted by Gasteiger charge is -2.00. The Morgan fingerprint density at radius 3 is 2.50 bits per heavy atom. The number of Topliss-reactive ketones (excluding diaryl/α,β-unsaturated/α-hetero) is 1. The standard InChI is InChI=1S/C5H10O2S/c1-4(7)2-5(8)3-6/h5-6,8H,2-3H2,1H3. The van der Waals surface area contributed by atoms with Crippen molar-refractivity contribution in [3.05, 3.63) is 0 Å². The first kappa shape index (κ1) is 7.98. The molecule has 0 heterocycles. The fourth-order valence-corrected chi connectivity index (χ4v) is 0.653. The summed E-state index contributed by atoms with van der Waals surface area (Å²) in [7, 11) is 0. The Balaban J connectivity index is 3.24. The smallest absolute Gasteiger partial charge is 0.131 e. The zero-order valence-electron chi connectivity index (χ0n) is 4.79. The minimum Gasteiger partial charge on any atom is -0.395 e. The predicted molar refractivity (Wildman–Crippen MR) is 35.2 cm³/mol. The van der Waals surface area contributed by atoms with E-state index in [0.29, 0.717) is 6.42 Å². The molecule has 0 aromatic rings. The first-order chi connectivity index (χ1) is 3.66. The highest BCUT2D eigenvalue weighted by Gasteiger charge is 2.02. The third-order valence-corrected chi connectivity index (χ3v) is 1.08. The van der Waals surface area contributed by atoms with Crippen molar-refractivity contribution in [2.24, 2.45) is 0 Å². The van der Waals surface area contributed by atoms with Crippen LogP contribution in [0.15, 0.2) is 0 Å². The Labute approximate surface area is 54.3 Å². The van der Waals surface area contributed by atoms with Gasteiger partial charge in [0.25, 0.3) is 0 Å². The van der Waals surface area contributed by atoms with Crippen molar-refractivity contribution in [1.29, 1.82) is 0 Å². The Hall–Kier alpha value is -0.0200. The van der Waals surface area contributed by atoms with E-state index in [1.165, 1.54) is 6.92 Å². The van der Waals surface area contributed by atoms with Gasteiger partial charge in [0.1, 0.15) is 5.78 Å². The van der Waals surface area contributed by atoms with Gasteiger partial charge in [-0.3, -0.25) is 4.79 Å². The van der Waals surface area contributed by atoms with Crippen molar-refractivity contribution >= 4 is 18.4 Å². The number of rotatable bonds is 3. The maximum absolute atomic E-state index is 10.3. The summed E-state index contributed by atoms with van der Waals surface area (Å²) in [6, 6.07) is 0. The fourth-order valence-electron chi connectivity index (χ4n) is 0.396. The second-order valence-corrected chi connectivity index (χ2v) is 2.47. The molecule has 0 aromatic heterocycles. The molecule has 0 aliphatic rings. The minimum atomic E-state index is -0.174. The molecule has 0 saturated carbocycles. The van der Waals surface area contributed by atoms with Gasteiger partial charge >= 0.3 is 0 Å². The highest BCUT2D eigenvalue weighted by atomic mass is 32.1. The molecule has 0 spiro atoms. The lowest BCUT2D eigenvalue weighted by atomic mass is 10.2. The van der Waals surface area contributed by atoms with E-state index in [4.69, 9.17) is 5.11 Å². The van der Waals surface area contributed by atoms with Crippen molar-refractivity contribution < 1.29 is 9.90 Å². The number of aliphatic hydroxyl groups is 1. The maximum Gasteiger partial charge on any atom is 0.131 e. The summed E-state index contributed by atoms with van der Waals surface area (Å²) in [5.74, 6) is 0.0686. The molecule has 48 valence electrons. The average molecular weight is 134 g/mol. The van der Waals surface area contributed by atoms with Gasteiger partial charge in [0.2, 0.25) is 0 Å². The van der Waals surface area contributed by atoms with Gasteiger partial charge in [0.05, 0.1) is 6.61 Å². The zero-order chi connectivity index (χ0) is 6.57. The highest BCUT2D eigenvalue weighted by Crippen LogP contribution is 1.98. The van der Waals surface area contributed by atoms with Crippen LogP contribution < -0.4 is 0 Å². The van der Waals surface area contributed by atoms with E-state index in [2.05, 4.69) is 12.6 Å². The van der Waals surface area contributed by atoms with E-state index < -0.39 is 0 Å². The summed E-state index contributed by atoms with van der Waals surface area (Å²) < 4.78 is 0. The zero-order valence-corrected chi connectivity index (χ0v) is 5.69. The number of carbonyl (C=O) groups excluding carboxylic acids is 1. The van der Waals surface area contributed by atoms with Crippen LogP contribution in [-0.2, 0) is 4.79 Å². The predicted octanol–water partition coefficient (Wildman–Crippen LogP) is 0.256. The first-order valence-corrected chi connectivity index (χ1v) is 2.96. The van der Waals surface area contributed by atoms with E-state index >= 15 is 0 Å². The molecule has 2 nitrogen and oxygen atoms in total. The summed E-state index contributed by atoms with van der Waals surface area (Å²) in [5.41, 5.74) is 0. The van der Waals surface area contributed by atoms with Gasteiger partial charge in [0, 0.05) is 11.7 Å². The number of thiol groups is 1. The van der Waals surface area contributed by atoms with Crippen molar-refractivity contribution in [2.75, 3.05) is 6.61 Å². The molecule has 0 rings (SSSR count). The molecule has 0 bridgehead atoms. The highest BCUT2D eigenvalue weighted by molar-refractivity contribution is 7.81. The fraction of sp³-hybridized carbons (Fsp3) is 0.800. The van der Waals surface area contributed by atoms with Crippen LogP contribution in [0.3, 0.4) is 0 Å². The van der Waals surface area contributed by atoms with Crippen molar-refractivity contribution in [1.82, 2.24) is 0 Å². The number of hydrogen-bond acceptors (Lipinski definition) is 3. The Morgan fingerprint density at radius 2 is 2.38 bits per heavy atom. The largest absolute Gasteiger partial charge is 0.395 e. The molecule has 8 heavy (non-hydrogen) atoms. The van der Waals surface area contributed by atoms with E-state index in [9.17, 15) is 4.79 Å². The van der Waals surface area contributed by atoms with Gasteiger partial charge in [-0.2, -0.15) is 12.6 Å². The van der Waals surface area contributed by atoms with Gasteiger partial charge < -0.3 is 5.11 Å². The Bertz CT molecular complexity index is 82.5. The number of ketones is 1. The van der Waals surface area contributed by atoms with Crippen molar-refractivity contribution in [2.45, 2.75) is 18.6 Å². The summed E-state index contributed by atoms with van der Waals surface area (Å²) >= 11 is 3.90. The maximum atomic E-state index is 10.3. The third kappa shape index (κ3) is 4.15. The minimum absolute atomic E-state index is 0.0251. The molecule has 1 unspecified atom stereocenters. The molecule has 0 saturated heterocycles. The summed E-state index contributed by atoms with van der Waals surface area (Å²) in [6.07, 6.45) is 0.361. The topological polar surface area (TPSA) is 37.3 Å². The molecule has 0 aromatic carbocycles. The molecule has 0 fully saturated rings. The van der Waals surface area contributed by atoms with Crippen LogP contribution in [0.5, 0.6) is 0 Å². The third-order valence-electron chi connectivity index (χ3n) is 0.734. The van der Waals surface area contributed by atoms with Gasteiger partial charge in [-0.05, 0) is 6.92 Å². The van der Waals surface area contributed by atoms with Crippen LogP contribution in [0.4, 0.5) is 0 Å². The van der Waals surface area contributed by atoms with Crippen LogP contribution in [-0.4, -0.2) is 22.7 Å². The molecule has 1 N–H and O–H groups in total. The SMILES string of the molecule is CC(=O)CC(S)CO. The molecule has 0 aliphatic heterocycles. The Morgan fingerprint density at radius 1 is 1.88 bits per heavy atom. The van der Waals surface area contributed by atoms with Crippen molar-refractivity contribution in [3.63, 3.8) is 0 Å². The number of hydrogen-bond donors (Lipinski definition) is 2. The second-order valence-electron chi connectivity index (χ2n) is 1.74. The quantitative estimate of drug-likeness (QED) is 0.543. The van der Waals surface area contributed by atoms with Crippen LogP contribution in [0, 0.1) is 0 Å². The van der Waals surface area contributed by atoms with Gasteiger partial charge in [-0.25, -0.2) is 0 Å². The lowest BCUT2D eigenvalue weighted by Crippen LogP contribution is -2.08. The second kappa shape index (κ2) is 3.92. The van der Waals surface area contributed by atoms with E-state index in [1.807, 2.05) is 0 Å². The van der Waals surface area contributed by atoms with Crippen LogP contribution in [0.2, 0.25) is 0 Å². The molecule has 0 radical (unpaired) electrons. The average Bonchev–Trinajstić information content (AvgIpc) is 1.65. The van der Waals surface area contributed by atoms with Gasteiger partial charge in [0.15, 0.2) is 0 Å². The molecule has 0 aliphatic carbocycles. The van der Waals surface area contributed by atoms with E-state index in [0.717, 1.165) is 0 Å². The van der Waals surface area contributed by atoms with Gasteiger partial charge in [-0.1, -0.05) is 0 Å².